The fraction of sp³-hybridized carbons (Fsp3) is 1.00. The van der Waals surface area contributed by atoms with Crippen molar-refractivity contribution in [1.82, 2.24) is 0 Å². The van der Waals surface area contributed by atoms with Crippen molar-refractivity contribution in [2.24, 2.45) is 0 Å². The summed E-state index contributed by atoms with van der Waals surface area (Å²) in [6, 6.07) is 0. The molecule has 0 saturated carbocycles. The normalized spacial score (nSPS) is 1.00. The van der Waals surface area contributed by atoms with Gasteiger partial charge in [0, 0.05) is 26.2 Å². The van der Waals surface area contributed by atoms with Crippen LogP contribution in [-0.4, -0.2) is 17.4 Å². The van der Waals surface area contributed by atoms with Crippen molar-refractivity contribution >= 4 is 17.4 Å². The molecule has 0 aromatic heterocycles. The van der Waals surface area contributed by atoms with Gasteiger partial charge in [0.05, 0.1) is 0 Å². The van der Waals surface area contributed by atoms with Crippen LogP contribution in [0.1, 0.15) is 0 Å². The summed E-state index contributed by atoms with van der Waals surface area (Å²) < 4.78 is 0. The molecule has 0 nitrogen and oxygen atoms in total. The fourth-order valence-corrected chi connectivity index (χ4v) is 0. The molecule has 0 radical (unpaired) electrons. The third kappa shape index (κ3) is 8.92. The molecule has 3 heteroatoms. The monoisotopic (exact) mass is 183 g/mol. The summed E-state index contributed by atoms with van der Waals surface area (Å²) in [4.78, 5) is 0. The molecule has 0 bridgehead atoms. The molecule has 0 amide bonds. The van der Waals surface area contributed by atoms with Crippen LogP contribution < -0.4 is 0 Å². The molecule has 0 N–H and O–H groups in total. The van der Waals surface area contributed by atoms with Crippen molar-refractivity contribution in [3.63, 3.8) is 0 Å². The molecule has 4 heavy (non-hydrogen) atoms. The second kappa shape index (κ2) is 19.3. The molecule has 0 saturated heterocycles. The second-order valence-electron chi connectivity index (χ2n) is 0. The van der Waals surface area contributed by atoms with E-state index < -0.39 is 0 Å². The Morgan fingerprint density at radius 2 is 1.25 bits per heavy atom. The Kier molecular flexibility index (Phi) is 79.4. The van der Waals surface area contributed by atoms with Crippen LogP contribution >= 0.6 is 0 Å². The first-order chi connectivity index (χ1) is 1.00. The minimum Gasteiger partial charge on any atom is 0 e. The van der Waals surface area contributed by atoms with Crippen molar-refractivity contribution in [3.8, 4) is 0 Å². The Balaban J connectivity index is -0.00000000500. The molecule has 0 aliphatic carbocycles. The van der Waals surface area contributed by atoms with Gasteiger partial charge in [-0.1, -0.05) is 0 Å². The van der Waals surface area contributed by atoms with Gasteiger partial charge in [0.2, 0.25) is 0 Å². The van der Waals surface area contributed by atoms with E-state index in [0.29, 0.717) is 0 Å². The Hall–Kier alpha value is 2.13. The van der Waals surface area contributed by atoms with Gasteiger partial charge in [-0.3, -0.25) is 0 Å². The van der Waals surface area contributed by atoms with E-state index in [1.165, 1.54) is 0 Å². The molecule has 0 aromatic rings. The van der Waals surface area contributed by atoms with E-state index in [2.05, 4.69) is 0 Å². The maximum atomic E-state index is 2.00. The smallest absolute Gasteiger partial charge is 0 e. The van der Waals surface area contributed by atoms with Gasteiger partial charge in [0.15, 0.2) is 17.4 Å². The fourth-order valence-electron chi connectivity index (χ4n) is 0. The summed E-state index contributed by atoms with van der Waals surface area (Å²) in [5.41, 5.74) is 0. The van der Waals surface area contributed by atoms with Crippen molar-refractivity contribution in [2.75, 3.05) is 0 Å². The minimum absolute atomic E-state index is 0. The van der Waals surface area contributed by atoms with Crippen LogP contribution in [0.25, 0.3) is 0 Å². The van der Waals surface area contributed by atoms with Crippen molar-refractivity contribution in [2.45, 2.75) is 5.23 Å². The predicted molar refractivity (Wildman–Crippen MR) is 15.8 cm³/mol. The Morgan fingerprint density at radius 1 is 1.25 bits per heavy atom. The molecule has 0 aromatic carbocycles. The SMILES string of the molecule is [AlH3].[CH3][Ti].[Zr]. The summed E-state index contributed by atoms with van der Waals surface area (Å²) in [7, 11) is 0. The van der Waals surface area contributed by atoms with E-state index in [1.807, 2.05) is 25.7 Å². The average Bonchev–Trinajstić information content (AvgIpc) is 1.00. The Morgan fingerprint density at radius 3 is 1.25 bits per heavy atom. The minimum atomic E-state index is 0. The van der Waals surface area contributed by atoms with Crippen LogP contribution in [0, 0.1) is 0 Å². The van der Waals surface area contributed by atoms with E-state index in [-0.39, 0.29) is 43.6 Å². The Labute approximate surface area is 68.4 Å². The standard InChI is InChI=1S/CH3.Al.Ti.Zr.3H/h1H3;;;;;;. The topological polar surface area (TPSA) is 0 Å². The largest absolute Gasteiger partial charge is 0 e. The first-order valence-electron chi connectivity index (χ1n) is 0.500. The zero-order valence-corrected chi connectivity index (χ0v) is 6.02. The molecule has 0 aliphatic rings. The second-order valence-corrected chi connectivity index (χ2v) is 0. The molecule has 0 spiro atoms. The molecule has 0 aliphatic heterocycles. The van der Waals surface area contributed by atoms with Gasteiger partial charge in [0.1, 0.15) is 0 Å². The van der Waals surface area contributed by atoms with E-state index in [9.17, 15) is 0 Å². The van der Waals surface area contributed by atoms with Crippen molar-refractivity contribution in [1.29, 1.82) is 0 Å². The summed E-state index contributed by atoms with van der Waals surface area (Å²) in [6.45, 7) is 0. The quantitative estimate of drug-likeness (QED) is 0.441. The van der Waals surface area contributed by atoms with E-state index in [4.69, 9.17) is 0 Å². The molecular weight excluding hydrogens is 178 g/mol. The third-order valence-electron chi connectivity index (χ3n) is 0. The number of rotatable bonds is 0. The maximum Gasteiger partial charge on any atom is 0 e. The van der Waals surface area contributed by atoms with Gasteiger partial charge in [-0.2, -0.15) is 0 Å². The van der Waals surface area contributed by atoms with Crippen LogP contribution in [0.4, 0.5) is 0 Å². The Bertz CT molecular complexity index is 8.00. The van der Waals surface area contributed by atoms with Crippen molar-refractivity contribution in [3.05, 3.63) is 0 Å². The van der Waals surface area contributed by atoms with Gasteiger partial charge in [-0.05, 0) is 0 Å². The van der Waals surface area contributed by atoms with Crippen LogP contribution in [0.15, 0.2) is 0 Å². The van der Waals surface area contributed by atoms with Gasteiger partial charge < -0.3 is 0 Å². The van der Waals surface area contributed by atoms with Gasteiger partial charge in [-0.25, -0.2) is 0 Å². The molecular formula is CH6AlTiZr. The first kappa shape index (κ1) is 16.5. The van der Waals surface area contributed by atoms with Gasteiger partial charge in [0.25, 0.3) is 0 Å². The third-order valence-corrected chi connectivity index (χ3v) is 0. The van der Waals surface area contributed by atoms with E-state index in [0.717, 1.165) is 0 Å². The van der Waals surface area contributed by atoms with Crippen molar-refractivity contribution < 1.29 is 46.6 Å². The van der Waals surface area contributed by atoms with Crippen LogP contribution in [0.3, 0.4) is 0 Å². The zero-order chi connectivity index (χ0) is 2.00. The van der Waals surface area contributed by atoms with Gasteiger partial charge >= 0.3 is 25.7 Å². The molecule has 0 heterocycles. The van der Waals surface area contributed by atoms with Crippen LogP contribution in [0.5, 0.6) is 0 Å². The van der Waals surface area contributed by atoms with Crippen LogP contribution in [-0.2, 0) is 46.6 Å². The molecule has 0 fully saturated rings. The summed E-state index contributed by atoms with van der Waals surface area (Å²) in [6.07, 6.45) is 0. The first-order valence-corrected chi connectivity index (χ1v) is 2.06. The van der Waals surface area contributed by atoms with E-state index >= 15 is 0 Å². The number of hydrogen-bond donors (Lipinski definition) is 0. The average molecular weight is 184 g/mol. The summed E-state index contributed by atoms with van der Waals surface area (Å²) in [5.74, 6) is 0. The van der Waals surface area contributed by atoms with Crippen LogP contribution in [0.2, 0.25) is 5.23 Å². The predicted octanol–water partition coefficient (Wildman–Crippen LogP) is -0.605. The van der Waals surface area contributed by atoms with E-state index in [1.54, 1.807) is 0 Å². The van der Waals surface area contributed by atoms with Gasteiger partial charge in [-0.15, -0.1) is 0 Å². The molecule has 0 unspecified atom stereocenters. The number of hydrogen-bond acceptors (Lipinski definition) is 0. The molecule has 0 atom stereocenters. The zero-order valence-electron chi connectivity index (χ0n) is 2.00. The summed E-state index contributed by atoms with van der Waals surface area (Å²) >= 11 is 2.00. The molecule has 21 valence electrons. The molecule has 0 rings (SSSR count). The summed E-state index contributed by atoms with van der Waals surface area (Å²) in [5, 5.41) is 2.00. The maximum absolute atomic E-state index is 2.00.